The minimum atomic E-state index is 0.118. The van der Waals surface area contributed by atoms with E-state index in [1.54, 1.807) is 12.4 Å². The Morgan fingerprint density at radius 1 is 1.65 bits per heavy atom. The molecule has 1 saturated carbocycles. The maximum atomic E-state index is 11.5. The molecule has 1 aromatic rings. The van der Waals surface area contributed by atoms with Gasteiger partial charge in [0.15, 0.2) is 0 Å². The molecular formula is C12H18N4O. The Kier molecular flexibility index (Phi) is 3.46. The fraction of sp³-hybridized carbons (Fsp3) is 0.500. The standard InChI is InChI=1S/C12H18N4O/c1-16(11-4-6-14-8-10(11)13)7-5-12(17)15-9-2-3-9/h4,6,8-9H,2-3,5,7,13H2,1H3,(H,15,17). The van der Waals surface area contributed by atoms with Crippen molar-refractivity contribution in [1.29, 1.82) is 0 Å². The van der Waals surface area contributed by atoms with Gasteiger partial charge in [0.05, 0.1) is 17.6 Å². The van der Waals surface area contributed by atoms with Crippen LogP contribution in [0.25, 0.3) is 0 Å². The number of carbonyl (C=O) groups is 1. The lowest BCUT2D eigenvalue weighted by Gasteiger charge is -2.20. The molecule has 0 radical (unpaired) electrons. The third-order valence-electron chi connectivity index (χ3n) is 2.86. The van der Waals surface area contributed by atoms with Gasteiger partial charge in [-0.15, -0.1) is 0 Å². The van der Waals surface area contributed by atoms with Gasteiger partial charge in [0.25, 0.3) is 0 Å². The average molecular weight is 234 g/mol. The summed E-state index contributed by atoms with van der Waals surface area (Å²) in [5, 5.41) is 2.97. The van der Waals surface area contributed by atoms with Gasteiger partial charge in [-0.3, -0.25) is 9.78 Å². The summed E-state index contributed by atoms with van der Waals surface area (Å²) in [6.07, 6.45) is 6.06. The Bertz CT molecular complexity index is 403. The van der Waals surface area contributed by atoms with Crippen LogP contribution in [0.15, 0.2) is 18.5 Å². The molecule has 1 aliphatic carbocycles. The number of anilines is 2. The quantitative estimate of drug-likeness (QED) is 0.789. The molecule has 0 atom stereocenters. The monoisotopic (exact) mass is 234 g/mol. The van der Waals surface area contributed by atoms with Gasteiger partial charge in [0.1, 0.15) is 0 Å². The first-order valence-electron chi connectivity index (χ1n) is 5.87. The van der Waals surface area contributed by atoms with Crippen LogP contribution in [0.1, 0.15) is 19.3 Å². The highest BCUT2D eigenvalue weighted by molar-refractivity contribution is 5.77. The first-order valence-corrected chi connectivity index (χ1v) is 5.87. The highest BCUT2D eigenvalue weighted by Gasteiger charge is 2.23. The van der Waals surface area contributed by atoms with Crippen molar-refractivity contribution in [3.63, 3.8) is 0 Å². The second kappa shape index (κ2) is 5.03. The minimum Gasteiger partial charge on any atom is -0.396 e. The SMILES string of the molecule is CN(CCC(=O)NC1CC1)c1ccncc1N. The van der Waals surface area contributed by atoms with Crippen molar-refractivity contribution in [3.8, 4) is 0 Å². The molecule has 2 rings (SSSR count). The molecule has 0 bridgehead atoms. The first kappa shape index (κ1) is 11.7. The zero-order valence-corrected chi connectivity index (χ0v) is 10.0. The van der Waals surface area contributed by atoms with E-state index in [2.05, 4.69) is 10.3 Å². The number of nitrogens with two attached hydrogens (primary N) is 1. The van der Waals surface area contributed by atoms with Crippen molar-refractivity contribution in [2.45, 2.75) is 25.3 Å². The lowest BCUT2D eigenvalue weighted by atomic mass is 10.3. The largest absolute Gasteiger partial charge is 0.396 e. The number of nitrogens with zero attached hydrogens (tertiary/aromatic N) is 2. The van der Waals surface area contributed by atoms with Crippen molar-refractivity contribution < 1.29 is 4.79 Å². The zero-order valence-electron chi connectivity index (χ0n) is 10.0. The lowest BCUT2D eigenvalue weighted by molar-refractivity contribution is -0.121. The van der Waals surface area contributed by atoms with E-state index < -0.39 is 0 Å². The van der Waals surface area contributed by atoms with Gasteiger partial charge < -0.3 is 16.0 Å². The number of hydrogen-bond donors (Lipinski definition) is 2. The molecule has 1 fully saturated rings. The van der Waals surface area contributed by atoms with E-state index in [1.807, 2.05) is 18.0 Å². The average Bonchev–Trinajstić information content (AvgIpc) is 3.10. The number of nitrogen functional groups attached to an aromatic ring is 1. The van der Waals surface area contributed by atoms with E-state index in [1.165, 1.54) is 0 Å². The van der Waals surface area contributed by atoms with Gasteiger partial charge in [0, 0.05) is 32.3 Å². The van der Waals surface area contributed by atoms with Crippen LogP contribution in [-0.4, -0.2) is 30.5 Å². The maximum absolute atomic E-state index is 11.5. The molecule has 0 aromatic carbocycles. The van der Waals surface area contributed by atoms with Gasteiger partial charge in [-0.05, 0) is 18.9 Å². The molecule has 1 heterocycles. The molecule has 1 amide bonds. The summed E-state index contributed by atoms with van der Waals surface area (Å²) < 4.78 is 0. The van der Waals surface area contributed by atoms with Crippen LogP contribution in [-0.2, 0) is 4.79 Å². The van der Waals surface area contributed by atoms with Crippen molar-refractivity contribution in [2.75, 3.05) is 24.2 Å². The third kappa shape index (κ3) is 3.34. The summed E-state index contributed by atoms with van der Waals surface area (Å²) in [5.74, 6) is 0.118. The minimum absolute atomic E-state index is 0.118. The summed E-state index contributed by atoms with van der Waals surface area (Å²) in [6.45, 7) is 0.659. The van der Waals surface area contributed by atoms with Crippen molar-refractivity contribution in [3.05, 3.63) is 18.5 Å². The Morgan fingerprint density at radius 3 is 3.06 bits per heavy atom. The molecule has 5 heteroatoms. The fourth-order valence-corrected chi connectivity index (χ4v) is 1.66. The maximum Gasteiger partial charge on any atom is 0.221 e. The number of rotatable bonds is 5. The van der Waals surface area contributed by atoms with Crippen LogP contribution < -0.4 is 16.0 Å². The summed E-state index contributed by atoms with van der Waals surface area (Å²) in [4.78, 5) is 17.4. The molecule has 0 spiro atoms. The molecular weight excluding hydrogens is 216 g/mol. The summed E-state index contributed by atoms with van der Waals surface area (Å²) in [6, 6.07) is 2.28. The van der Waals surface area contributed by atoms with E-state index in [4.69, 9.17) is 5.73 Å². The van der Waals surface area contributed by atoms with Crippen LogP contribution >= 0.6 is 0 Å². The van der Waals surface area contributed by atoms with Crippen molar-refractivity contribution in [1.82, 2.24) is 10.3 Å². The summed E-state index contributed by atoms with van der Waals surface area (Å²) in [5.41, 5.74) is 7.37. The molecule has 0 unspecified atom stereocenters. The predicted molar refractivity (Wildman–Crippen MR) is 67.7 cm³/mol. The van der Waals surface area contributed by atoms with E-state index in [0.717, 1.165) is 18.5 Å². The van der Waals surface area contributed by atoms with Gasteiger partial charge in [-0.1, -0.05) is 0 Å². The van der Waals surface area contributed by atoms with Crippen LogP contribution in [0.2, 0.25) is 0 Å². The van der Waals surface area contributed by atoms with Crippen LogP contribution in [0.4, 0.5) is 11.4 Å². The normalized spacial score (nSPS) is 14.4. The highest BCUT2D eigenvalue weighted by Crippen LogP contribution is 2.20. The van der Waals surface area contributed by atoms with Crippen LogP contribution in [0.5, 0.6) is 0 Å². The van der Waals surface area contributed by atoms with Gasteiger partial charge in [-0.2, -0.15) is 0 Å². The summed E-state index contributed by atoms with van der Waals surface area (Å²) in [7, 11) is 1.93. The van der Waals surface area contributed by atoms with Crippen molar-refractivity contribution >= 4 is 17.3 Å². The molecule has 0 saturated heterocycles. The van der Waals surface area contributed by atoms with Crippen LogP contribution in [0, 0.1) is 0 Å². The Labute approximate surface area is 101 Å². The molecule has 5 nitrogen and oxygen atoms in total. The highest BCUT2D eigenvalue weighted by atomic mass is 16.1. The van der Waals surface area contributed by atoms with E-state index in [9.17, 15) is 4.79 Å². The lowest BCUT2D eigenvalue weighted by Crippen LogP contribution is -2.30. The van der Waals surface area contributed by atoms with Crippen LogP contribution in [0.3, 0.4) is 0 Å². The predicted octanol–water partition coefficient (Wildman–Crippen LogP) is 0.769. The van der Waals surface area contributed by atoms with Gasteiger partial charge in [0.2, 0.25) is 5.91 Å². The molecule has 1 aromatic heterocycles. The van der Waals surface area contributed by atoms with Gasteiger partial charge >= 0.3 is 0 Å². The topological polar surface area (TPSA) is 71.2 Å². The molecule has 17 heavy (non-hydrogen) atoms. The number of hydrogen-bond acceptors (Lipinski definition) is 4. The summed E-state index contributed by atoms with van der Waals surface area (Å²) >= 11 is 0. The Balaban J connectivity index is 1.82. The smallest absolute Gasteiger partial charge is 0.221 e. The Morgan fingerprint density at radius 2 is 2.41 bits per heavy atom. The van der Waals surface area contributed by atoms with Gasteiger partial charge in [-0.25, -0.2) is 0 Å². The second-order valence-electron chi connectivity index (χ2n) is 4.45. The number of amides is 1. The van der Waals surface area contributed by atoms with Crippen molar-refractivity contribution in [2.24, 2.45) is 0 Å². The Hall–Kier alpha value is -1.78. The number of nitrogens with one attached hydrogen (secondary N) is 1. The van der Waals surface area contributed by atoms with E-state index in [0.29, 0.717) is 24.7 Å². The zero-order chi connectivity index (χ0) is 12.3. The molecule has 92 valence electrons. The number of pyridine rings is 1. The molecule has 3 N–H and O–H groups in total. The molecule has 1 aliphatic rings. The number of carbonyl (C=O) groups excluding carboxylic acids is 1. The first-order chi connectivity index (χ1) is 8.16. The number of aromatic nitrogens is 1. The fourth-order valence-electron chi connectivity index (χ4n) is 1.66. The second-order valence-corrected chi connectivity index (χ2v) is 4.45. The van der Waals surface area contributed by atoms with E-state index in [-0.39, 0.29) is 5.91 Å². The van der Waals surface area contributed by atoms with E-state index >= 15 is 0 Å². The molecule has 0 aliphatic heterocycles. The third-order valence-corrected chi connectivity index (χ3v) is 2.86.